The molecule has 0 saturated carbocycles. The van der Waals surface area contributed by atoms with Gasteiger partial charge in [-0.25, -0.2) is 4.79 Å². The Kier molecular flexibility index (Phi) is 1.35. The van der Waals surface area contributed by atoms with Gasteiger partial charge in [0.25, 0.3) is 0 Å². The van der Waals surface area contributed by atoms with Gasteiger partial charge in [-0.2, -0.15) is 0 Å². The highest BCUT2D eigenvalue weighted by Gasteiger charge is 2.27. The van der Waals surface area contributed by atoms with E-state index in [1.165, 1.54) is 0 Å². The van der Waals surface area contributed by atoms with E-state index in [2.05, 4.69) is 0 Å². The minimum absolute atomic E-state index is 0.127. The number of rotatable bonds is 0. The van der Waals surface area contributed by atoms with Gasteiger partial charge in [0.15, 0.2) is 0 Å². The van der Waals surface area contributed by atoms with Crippen LogP contribution in [0.5, 0.6) is 0 Å². The van der Waals surface area contributed by atoms with Crippen molar-refractivity contribution in [1.82, 2.24) is 9.80 Å². The molecule has 0 aromatic rings. The highest BCUT2D eigenvalue weighted by atomic mass is 16.2. The van der Waals surface area contributed by atoms with Gasteiger partial charge < -0.3 is 9.80 Å². The molecule has 3 heteroatoms. The summed E-state index contributed by atoms with van der Waals surface area (Å²) in [7, 11) is 3.65. The zero-order valence-corrected chi connectivity index (χ0v) is 6.09. The van der Waals surface area contributed by atoms with Crippen molar-refractivity contribution >= 4 is 6.03 Å². The second kappa shape index (κ2) is 1.90. The molecule has 0 radical (unpaired) electrons. The van der Waals surface area contributed by atoms with Crippen molar-refractivity contribution in [2.45, 2.75) is 13.0 Å². The second-order valence-electron chi connectivity index (χ2n) is 2.62. The summed E-state index contributed by atoms with van der Waals surface area (Å²) in [6.45, 7) is 2.90. The topological polar surface area (TPSA) is 23.6 Å². The molecular weight excluding hydrogens is 116 g/mol. The van der Waals surface area contributed by atoms with Crippen molar-refractivity contribution in [3.63, 3.8) is 0 Å². The number of hydrogen-bond acceptors (Lipinski definition) is 1. The van der Waals surface area contributed by atoms with Gasteiger partial charge in [0, 0.05) is 26.7 Å². The third kappa shape index (κ3) is 0.866. The van der Waals surface area contributed by atoms with Gasteiger partial charge in [0.2, 0.25) is 0 Å². The van der Waals surface area contributed by atoms with E-state index in [9.17, 15) is 4.79 Å². The monoisotopic (exact) mass is 128 g/mol. The summed E-state index contributed by atoms with van der Waals surface area (Å²) in [4.78, 5) is 14.4. The summed E-state index contributed by atoms with van der Waals surface area (Å²) in [6, 6.07) is 0.505. The summed E-state index contributed by atoms with van der Waals surface area (Å²) >= 11 is 0. The van der Waals surface area contributed by atoms with Crippen LogP contribution in [0.2, 0.25) is 0 Å². The summed E-state index contributed by atoms with van der Waals surface area (Å²) < 4.78 is 0. The molecule has 1 fully saturated rings. The summed E-state index contributed by atoms with van der Waals surface area (Å²) in [6.07, 6.45) is 0. The normalized spacial score (nSPS) is 27.9. The number of amides is 2. The maximum absolute atomic E-state index is 11.0. The Morgan fingerprint density at radius 2 is 2.11 bits per heavy atom. The van der Waals surface area contributed by atoms with E-state index in [1.807, 2.05) is 21.0 Å². The first-order valence-corrected chi connectivity index (χ1v) is 3.11. The fourth-order valence-electron chi connectivity index (χ4n) is 1.05. The minimum Gasteiger partial charge on any atom is -0.326 e. The third-order valence-corrected chi connectivity index (χ3v) is 1.83. The van der Waals surface area contributed by atoms with Crippen molar-refractivity contribution in [3.8, 4) is 0 Å². The molecule has 0 bridgehead atoms. The quantitative estimate of drug-likeness (QED) is 0.462. The Balaban J connectivity index is 2.65. The van der Waals surface area contributed by atoms with Gasteiger partial charge in [-0.3, -0.25) is 0 Å². The number of carbonyl (C=O) groups excluding carboxylic acids is 1. The lowest BCUT2D eigenvalue weighted by Crippen LogP contribution is -2.28. The standard InChI is InChI=1S/C6H12N2O/c1-5-4-7(2)6(9)8(5)3/h5H,4H2,1-3H3. The lowest BCUT2D eigenvalue weighted by molar-refractivity contribution is 0.202. The Hall–Kier alpha value is -0.730. The Bertz CT molecular complexity index is 135. The SMILES string of the molecule is CC1CN(C)C(=O)N1C. The second-order valence-corrected chi connectivity index (χ2v) is 2.62. The van der Waals surface area contributed by atoms with Crippen LogP contribution in [-0.4, -0.2) is 42.5 Å². The van der Waals surface area contributed by atoms with Gasteiger partial charge in [-0.1, -0.05) is 0 Å². The highest BCUT2D eigenvalue weighted by molar-refractivity contribution is 5.76. The van der Waals surface area contributed by atoms with Crippen molar-refractivity contribution in [1.29, 1.82) is 0 Å². The molecule has 1 saturated heterocycles. The number of urea groups is 1. The third-order valence-electron chi connectivity index (χ3n) is 1.83. The molecule has 0 N–H and O–H groups in total. The van der Waals surface area contributed by atoms with Gasteiger partial charge in [0.05, 0.1) is 0 Å². The summed E-state index contributed by atoms with van der Waals surface area (Å²) in [5.74, 6) is 0. The molecule has 1 aliphatic rings. The molecule has 1 unspecified atom stereocenters. The van der Waals surface area contributed by atoms with E-state index in [0.29, 0.717) is 6.04 Å². The molecule has 1 atom stereocenters. The van der Waals surface area contributed by atoms with E-state index >= 15 is 0 Å². The number of nitrogens with zero attached hydrogens (tertiary/aromatic N) is 2. The molecule has 0 aromatic carbocycles. The van der Waals surface area contributed by atoms with Crippen LogP contribution in [-0.2, 0) is 0 Å². The van der Waals surface area contributed by atoms with Crippen LogP contribution in [0.1, 0.15) is 6.92 Å². The Labute approximate surface area is 55.2 Å². The lowest BCUT2D eigenvalue weighted by Gasteiger charge is -2.11. The lowest BCUT2D eigenvalue weighted by atomic mass is 10.3. The molecule has 0 spiro atoms. The molecule has 1 aliphatic heterocycles. The predicted molar refractivity (Wildman–Crippen MR) is 35.3 cm³/mol. The van der Waals surface area contributed by atoms with Crippen LogP contribution in [0.15, 0.2) is 0 Å². The van der Waals surface area contributed by atoms with Crippen molar-refractivity contribution in [2.24, 2.45) is 0 Å². The Morgan fingerprint density at radius 3 is 2.22 bits per heavy atom. The fourth-order valence-corrected chi connectivity index (χ4v) is 1.05. The molecule has 3 nitrogen and oxygen atoms in total. The first kappa shape index (κ1) is 6.39. The van der Waals surface area contributed by atoms with Crippen LogP contribution < -0.4 is 0 Å². The molecule has 1 heterocycles. The summed E-state index contributed by atoms with van der Waals surface area (Å²) in [5.41, 5.74) is 0. The van der Waals surface area contributed by atoms with Gasteiger partial charge in [0.1, 0.15) is 0 Å². The number of hydrogen-bond donors (Lipinski definition) is 0. The molecule has 52 valence electrons. The van der Waals surface area contributed by atoms with Crippen molar-refractivity contribution in [2.75, 3.05) is 20.6 Å². The largest absolute Gasteiger partial charge is 0.326 e. The van der Waals surface area contributed by atoms with Gasteiger partial charge >= 0.3 is 6.03 Å². The number of carbonyl (C=O) groups is 1. The molecule has 2 amide bonds. The smallest absolute Gasteiger partial charge is 0.319 e. The van der Waals surface area contributed by atoms with Gasteiger partial charge in [-0.05, 0) is 6.92 Å². The first-order valence-electron chi connectivity index (χ1n) is 3.11. The number of likely N-dealkylation sites (N-methyl/N-ethyl adjacent to an activating group) is 2. The van der Waals surface area contributed by atoms with Crippen molar-refractivity contribution < 1.29 is 4.79 Å². The molecule has 9 heavy (non-hydrogen) atoms. The molecular formula is C6H12N2O. The van der Waals surface area contributed by atoms with E-state index in [0.717, 1.165) is 6.54 Å². The van der Waals surface area contributed by atoms with Crippen LogP contribution in [0.3, 0.4) is 0 Å². The average molecular weight is 128 g/mol. The van der Waals surface area contributed by atoms with Crippen LogP contribution in [0.25, 0.3) is 0 Å². The van der Waals surface area contributed by atoms with Gasteiger partial charge in [-0.15, -0.1) is 0 Å². The zero-order valence-electron chi connectivity index (χ0n) is 6.09. The van der Waals surface area contributed by atoms with E-state index in [-0.39, 0.29) is 6.03 Å². The average Bonchev–Trinajstić information content (AvgIpc) is 1.98. The summed E-state index contributed by atoms with van der Waals surface area (Å²) in [5, 5.41) is 0. The maximum atomic E-state index is 11.0. The van der Waals surface area contributed by atoms with Crippen molar-refractivity contribution in [3.05, 3.63) is 0 Å². The predicted octanol–water partition coefficient (Wildman–Crippen LogP) is 0.372. The molecule has 1 rings (SSSR count). The maximum Gasteiger partial charge on any atom is 0.319 e. The van der Waals surface area contributed by atoms with E-state index in [1.54, 1.807) is 9.80 Å². The minimum atomic E-state index is 0.127. The highest BCUT2D eigenvalue weighted by Crippen LogP contribution is 2.09. The van der Waals surface area contributed by atoms with Crippen LogP contribution in [0, 0.1) is 0 Å². The first-order chi connectivity index (χ1) is 4.13. The molecule has 0 aliphatic carbocycles. The fraction of sp³-hybridized carbons (Fsp3) is 0.833. The zero-order chi connectivity index (χ0) is 7.02. The Morgan fingerprint density at radius 1 is 1.56 bits per heavy atom. The van der Waals surface area contributed by atoms with Crippen LogP contribution >= 0.6 is 0 Å². The van der Waals surface area contributed by atoms with E-state index < -0.39 is 0 Å². The van der Waals surface area contributed by atoms with Crippen LogP contribution in [0.4, 0.5) is 4.79 Å². The van der Waals surface area contributed by atoms with E-state index in [4.69, 9.17) is 0 Å². The molecule has 0 aromatic heterocycles.